The number of hydrogen-bond acceptors (Lipinski definition) is 9. The number of ether oxygens (including phenoxy) is 1. The molecule has 1 spiro atoms. The zero-order valence-electron chi connectivity index (χ0n) is 19.8. The molecule has 6 rings (SSSR count). The lowest BCUT2D eigenvalue weighted by Crippen LogP contribution is -2.46. The highest BCUT2D eigenvalue weighted by Crippen LogP contribution is 2.42. The van der Waals surface area contributed by atoms with E-state index in [1.807, 2.05) is 24.4 Å². The number of anilines is 2. The molecule has 0 radical (unpaired) electrons. The lowest BCUT2D eigenvalue weighted by molar-refractivity contribution is -0.000803. The lowest BCUT2D eigenvalue weighted by Gasteiger charge is -2.36. The molecule has 3 aliphatic heterocycles. The Kier molecular flexibility index (Phi) is 5.94. The van der Waals surface area contributed by atoms with Crippen LogP contribution < -0.4 is 14.9 Å². The first-order chi connectivity index (χ1) is 17.3. The summed E-state index contributed by atoms with van der Waals surface area (Å²) in [5, 5.41) is 9.10. The molecule has 1 unspecified atom stereocenters. The van der Waals surface area contributed by atoms with E-state index in [1.165, 1.54) is 20.5 Å². The first-order valence-corrected chi connectivity index (χ1v) is 15.0. The smallest absolute Gasteiger partial charge is 0.407 e. The second-order valence-electron chi connectivity index (χ2n) is 9.48. The average Bonchev–Trinajstić information content (AvgIpc) is 3.67. The first-order valence-electron chi connectivity index (χ1n) is 11.9. The Hall–Kier alpha value is -2.67. The van der Waals surface area contributed by atoms with Crippen LogP contribution in [-0.2, 0) is 27.7 Å². The monoisotopic (exact) mass is 545 g/mol. The highest BCUT2D eigenvalue weighted by atomic mass is 32.2. The number of amides is 1. The summed E-state index contributed by atoms with van der Waals surface area (Å²) in [7, 11) is -2.01. The highest BCUT2D eigenvalue weighted by molar-refractivity contribution is 7.94. The Labute approximate surface area is 218 Å². The number of alkyl carbamates (subject to hydrolysis) is 1. The van der Waals surface area contributed by atoms with Crippen molar-refractivity contribution in [3.8, 4) is 0 Å². The molecule has 5 heterocycles. The van der Waals surface area contributed by atoms with E-state index in [2.05, 4.69) is 15.5 Å². The minimum absolute atomic E-state index is 0.00587. The molecular formula is C24H27N5O4S3. The van der Waals surface area contributed by atoms with Gasteiger partial charge < -0.3 is 15.4 Å². The maximum atomic E-state index is 13.1. The second kappa shape index (κ2) is 9.02. The van der Waals surface area contributed by atoms with Crippen LogP contribution >= 0.6 is 22.7 Å². The van der Waals surface area contributed by atoms with Crippen LogP contribution in [0.1, 0.15) is 34.3 Å². The fraction of sp³-hybridized carbons (Fsp3) is 0.417. The zero-order valence-corrected chi connectivity index (χ0v) is 22.2. The normalized spacial score (nSPS) is 21.1. The molecule has 2 saturated heterocycles. The third-order valence-corrected chi connectivity index (χ3v) is 11.4. The summed E-state index contributed by atoms with van der Waals surface area (Å²) >= 11 is 2.91. The fourth-order valence-corrected chi connectivity index (χ4v) is 8.51. The van der Waals surface area contributed by atoms with Crippen molar-refractivity contribution in [1.82, 2.24) is 15.2 Å². The summed E-state index contributed by atoms with van der Waals surface area (Å²) in [6.07, 6.45) is 4.07. The van der Waals surface area contributed by atoms with E-state index in [1.54, 1.807) is 35.9 Å². The number of aromatic nitrogens is 1. The Balaban J connectivity index is 1.13. The molecule has 9 nitrogen and oxygen atoms in total. The van der Waals surface area contributed by atoms with Gasteiger partial charge in [-0.05, 0) is 23.1 Å². The zero-order chi connectivity index (χ0) is 24.9. The number of piperidine rings is 1. The molecule has 190 valence electrons. The SMILES string of the molecule is CN(c1cccc2c1NC(c1ncc(CN3CCC4(CC3)CNC(=O)O4)s1)C2)S(=O)(=O)c1cccs1. The predicted molar refractivity (Wildman–Crippen MR) is 140 cm³/mol. The third kappa shape index (κ3) is 4.25. The summed E-state index contributed by atoms with van der Waals surface area (Å²) < 4.78 is 33.4. The molecule has 12 heteroatoms. The Bertz CT molecular complexity index is 1380. The number of sulfonamides is 1. The summed E-state index contributed by atoms with van der Waals surface area (Å²) in [6, 6.07) is 9.18. The number of carbonyl (C=O) groups is 1. The van der Waals surface area contributed by atoms with Crippen LogP contribution in [0, 0.1) is 0 Å². The number of para-hydroxylation sites is 1. The van der Waals surface area contributed by atoms with Gasteiger partial charge in [-0.1, -0.05) is 18.2 Å². The molecule has 2 N–H and O–H groups in total. The minimum Gasteiger partial charge on any atom is -0.441 e. The van der Waals surface area contributed by atoms with Gasteiger partial charge in [0, 0.05) is 57.0 Å². The van der Waals surface area contributed by atoms with Crippen LogP contribution in [0.4, 0.5) is 16.2 Å². The van der Waals surface area contributed by atoms with Crippen molar-refractivity contribution in [1.29, 1.82) is 0 Å². The van der Waals surface area contributed by atoms with Gasteiger partial charge in [-0.25, -0.2) is 18.2 Å². The van der Waals surface area contributed by atoms with Gasteiger partial charge in [0.05, 0.1) is 24.0 Å². The van der Waals surface area contributed by atoms with Crippen molar-refractivity contribution in [2.45, 2.75) is 41.7 Å². The second-order valence-corrected chi connectivity index (χ2v) is 13.8. The number of nitrogens with one attached hydrogen (secondary N) is 2. The largest absolute Gasteiger partial charge is 0.441 e. The number of benzene rings is 1. The molecule has 2 fully saturated rings. The minimum atomic E-state index is -3.61. The first kappa shape index (κ1) is 23.7. The molecule has 3 aromatic rings. The van der Waals surface area contributed by atoms with Gasteiger partial charge in [0.1, 0.15) is 14.8 Å². The molecule has 2 aromatic heterocycles. The number of rotatable bonds is 6. The van der Waals surface area contributed by atoms with Crippen LogP contribution in [0.15, 0.2) is 46.1 Å². The van der Waals surface area contributed by atoms with Crippen molar-refractivity contribution in [3.05, 3.63) is 57.4 Å². The number of thiazole rings is 1. The van der Waals surface area contributed by atoms with E-state index < -0.39 is 10.0 Å². The average molecular weight is 546 g/mol. The molecule has 0 bridgehead atoms. The maximum absolute atomic E-state index is 13.1. The van der Waals surface area contributed by atoms with E-state index in [9.17, 15) is 13.2 Å². The predicted octanol–water partition coefficient (Wildman–Crippen LogP) is 3.81. The number of thiophene rings is 1. The van der Waals surface area contributed by atoms with Crippen LogP contribution in [0.25, 0.3) is 0 Å². The Morgan fingerprint density at radius 2 is 2.08 bits per heavy atom. The summed E-state index contributed by atoms with van der Waals surface area (Å²) in [4.78, 5) is 19.8. The van der Waals surface area contributed by atoms with Gasteiger partial charge in [0.25, 0.3) is 10.0 Å². The molecule has 0 saturated carbocycles. The maximum Gasteiger partial charge on any atom is 0.407 e. The van der Waals surface area contributed by atoms with Crippen molar-refractivity contribution < 1.29 is 17.9 Å². The summed E-state index contributed by atoms with van der Waals surface area (Å²) in [5.74, 6) is 0. The third-order valence-electron chi connectivity index (χ3n) is 7.20. The van der Waals surface area contributed by atoms with Crippen LogP contribution in [0.2, 0.25) is 0 Å². The summed E-state index contributed by atoms with van der Waals surface area (Å²) in [6.45, 7) is 3.18. The number of nitrogens with zero attached hydrogens (tertiary/aromatic N) is 3. The molecule has 1 atom stereocenters. The van der Waals surface area contributed by atoms with E-state index in [0.717, 1.165) is 55.2 Å². The van der Waals surface area contributed by atoms with Gasteiger partial charge >= 0.3 is 6.09 Å². The number of carbonyl (C=O) groups excluding carboxylic acids is 1. The van der Waals surface area contributed by atoms with Crippen molar-refractivity contribution >= 4 is 50.2 Å². The van der Waals surface area contributed by atoms with Gasteiger partial charge in [0.15, 0.2) is 0 Å². The molecule has 3 aliphatic rings. The quantitative estimate of drug-likeness (QED) is 0.485. The molecule has 36 heavy (non-hydrogen) atoms. The number of likely N-dealkylation sites (tertiary alicyclic amines) is 1. The van der Waals surface area contributed by atoms with Crippen molar-refractivity contribution in [2.24, 2.45) is 0 Å². The van der Waals surface area contributed by atoms with Crippen LogP contribution in [0.3, 0.4) is 0 Å². The van der Waals surface area contributed by atoms with Crippen LogP contribution in [0.5, 0.6) is 0 Å². The van der Waals surface area contributed by atoms with E-state index in [-0.39, 0.29) is 17.7 Å². The number of hydrogen-bond donors (Lipinski definition) is 2. The van der Waals surface area contributed by atoms with Crippen LogP contribution in [-0.4, -0.2) is 56.7 Å². The highest BCUT2D eigenvalue weighted by Gasteiger charge is 2.42. The van der Waals surface area contributed by atoms with E-state index in [4.69, 9.17) is 9.72 Å². The summed E-state index contributed by atoms with van der Waals surface area (Å²) in [5.41, 5.74) is 2.24. The fourth-order valence-electron chi connectivity index (χ4n) is 5.13. The Morgan fingerprint density at radius 3 is 2.81 bits per heavy atom. The van der Waals surface area contributed by atoms with Gasteiger partial charge in [-0.15, -0.1) is 22.7 Å². The Morgan fingerprint density at radius 1 is 1.25 bits per heavy atom. The van der Waals surface area contributed by atoms with Crippen molar-refractivity contribution in [3.63, 3.8) is 0 Å². The molecule has 1 aromatic carbocycles. The van der Waals surface area contributed by atoms with E-state index in [0.29, 0.717) is 16.4 Å². The standard InChI is InChI=1S/C24H27N5O4S3/c1-28(36(31,32)20-6-3-11-34-20)19-5-2-4-16-12-18(27-21(16)19)22-25-13-17(35-22)14-29-9-7-24(8-10-29)15-26-23(30)33-24/h2-6,11,13,18,27H,7-10,12,14-15H2,1H3,(H,26,30). The number of fused-ring (bicyclic) bond motifs is 1. The topological polar surface area (TPSA) is 104 Å². The van der Waals surface area contributed by atoms with Gasteiger partial charge in [-0.3, -0.25) is 9.21 Å². The molecule has 0 aliphatic carbocycles. The molecule has 1 amide bonds. The van der Waals surface area contributed by atoms with Gasteiger partial charge in [-0.2, -0.15) is 0 Å². The lowest BCUT2D eigenvalue weighted by atomic mass is 9.92. The molecular weight excluding hydrogens is 518 g/mol. The van der Waals surface area contributed by atoms with E-state index >= 15 is 0 Å². The van der Waals surface area contributed by atoms with Gasteiger partial charge in [0.2, 0.25) is 0 Å². The van der Waals surface area contributed by atoms with Crippen molar-refractivity contribution in [2.75, 3.05) is 36.3 Å².